The summed E-state index contributed by atoms with van der Waals surface area (Å²) in [7, 11) is 0. The van der Waals surface area contributed by atoms with Crippen molar-refractivity contribution in [2.24, 2.45) is 5.92 Å². The van der Waals surface area contributed by atoms with Crippen molar-refractivity contribution in [2.75, 3.05) is 13.2 Å². The second kappa shape index (κ2) is 6.61. The first kappa shape index (κ1) is 12.4. The van der Waals surface area contributed by atoms with Gasteiger partial charge in [0, 0.05) is 12.6 Å². The van der Waals surface area contributed by atoms with Crippen molar-refractivity contribution in [3.8, 4) is 0 Å². The third-order valence-electron chi connectivity index (χ3n) is 4.19. The zero-order valence-corrected chi connectivity index (χ0v) is 10.7. The van der Waals surface area contributed by atoms with Crippen LogP contribution in [0.5, 0.6) is 0 Å². The monoisotopic (exact) mass is 225 g/mol. The second-order valence-electron chi connectivity index (χ2n) is 5.47. The molecule has 0 aliphatic heterocycles. The predicted octanol–water partition coefficient (Wildman–Crippen LogP) is 3.11. The minimum atomic E-state index is 0.502. The minimum Gasteiger partial charge on any atom is -0.376 e. The molecule has 94 valence electrons. The molecule has 0 spiro atoms. The van der Waals surface area contributed by atoms with Gasteiger partial charge in [-0.15, -0.1) is 0 Å². The third-order valence-corrected chi connectivity index (χ3v) is 4.19. The van der Waals surface area contributed by atoms with E-state index in [2.05, 4.69) is 12.2 Å². The van der Waals surface area contributed by atoms with Crippen LogP contribution in [0.4, 0.5) is 0 Å². The summed E-state index contributed by atoms with van der Waals surface area (Å²) >= 11 is 0. The van der Waals surface area contributed by atoms with Crippen LogP contribution in [0.1, 0.15) is 58.3 Å². The molecule has 0 aromatic rings. The van der Waals surface area contributed by atoms with Gasteiger partial charge in [-0.1, -0.05) is 26.2 Å². The summed E-state index contributed by atoms with van der Waals surface area (Å²) in [6, 6.07) is 0.633. The van der Waals surface area contributed by atoms with E-state index in [1.165, 1.54) is 51.4 Å². The molecule has 0 saturated heterocycles. The molecule has 2 atom stereocenters. The Kier molecular flexibility index (Phi) is 5.11. The van der Waals surface area contributed by atoms with Crippen LogP contribution < -0.4 is 5.32 Å². The van der Waals surface area contributed by atoms with Crippen LogP contribution in [0.25, 0.3) is 0 Å². The molecule has 2 nitrogen and oxygen atoms in total. The van der Waals surface area contributed by atoms with Crippen LogP contribution >= 0.6 is 0 Å². The lowest BCUT2D eigenvalue weighted by atomic mass is 9.90. The van der Waals surface area contributed by atoms with Crippen molar-refractivity contribution in [1.29, 1.82) is 0 Å². The molecule has 2 rings (SSSR count). The topological polar surface area (TPSA) is 21.3 Å². The molecule has 0 radical (unpaired) electrons. The highest BCUT2D eigenvalue weighted by molar-refractivity contribution is 4.84. The Morgan fingerprint density at radius 1 is 1.00 bits per heavy atom. The average molecular weight is 225 g/mol. The van der Waals surface area contributed by atoms with E-state index in [0.29, 0.717) is 12.1 Å². The summed E-state index contributed by atoms with van der Waals surface area (Å²) in [6.45, 7) is 4.29. The summed E-state index contributed by atoms with van der Waals surface area (Å²) in [5.41, 5.74) is 0. The highest BCUT2D eigenvalue weighted by atomic mass is 16.5. The van der Waals surface area contributed by atoms with Gasteiger partial charge in [-0.3, -0.25) is 0 Å². The van der Waals surface area contributed by atoms with Gasteiger partial charge in [0.1, 0.15) is 0 Å². The van der Waals surface area contributed by atoms with Gasteiger partial charge in [0.2, 0.25) is 0 Å². The maximum atomic E-state index is 6.15. The van der Waals surface area contributed by atoms with Crippen LogP contribution in [0.2, 0.25) is 0 Å². The number of rotatable bonds is 5. The van der Waals surface area contributed by atoms with E-state index >= 15 is 0 Å². The minimum absolute atomic E-state index is 0.502. The van der Waals surface area contributed by atoms with Crippen molar-refractivity contribution in [2.45, 2.75) is 70.4 Å². The van der Waals surface area contributed by atoms with E-state index in [0.717, 1.165) is 19.1 Å². The standard InChI is InChI=1S/C14H27NO/c1-2-15-13-9-6-10-14(13)16-11-12-7-4-3-5-8-12/h12-15H,2-11H2,1H3. The zero-order valence-electron chi connectivity index (χ0n) is 10.7. The molecule has 2 unspecified atom stereocenters. The van der Waals surface area contributed by atoms with Gasteiger partial charge in [0.05, 0.1) is 6.10 Å². The molecule has 0 amide bonds. The van der Waals surface area contributed by atoms with Crippen molar-refractivity contribution in [1.82, 2.24) is 5.32 Å². The Morgan fingerprint density at radius 3 is 2.56 bits per heavy atom. The maximum absolute atomic E-state index is 6.15. The van der Waals surface area contributed by atoms with E-state index in [1.807, 2.05) is 0 Å². The normalized spacial score (nSPS) is 32.1. The van der Waals surface area contributed by atoms with Crippen molar-refractivity contribution < 1.29 is 4.74 Å². The second-order valence-corrected chi connectivity index (χ2v) is 5.47. The van der Waals surface area contributed by atoms with E-state index in [-0.39, 0.29) is 0 Å². The molecule has 1 N–H and O–H groups in total. The quantitative estimate of drug-likeness (QED) is 0.776. The smallest absolute Gasteiger partial charge is 0.0728 e. The molecule has 0 aromatic carbocycles. The highest BCUT2D eigenvalue weighted by Gasteiger charge is 2.28. The Hall–Kier alpha value is -0.0800. The van der Waals surface area contributed by atoms with Crippen LogP contribution in [-0.2, 0) is 4.74 Å². The zero-order chi connectivity index (χ0) is 11.2. The Bertz CT molecular complexity index is 189. The summed E-state index contributed by atoms with van der Waals surface area (Å²) in [4.78, 5) is 0. The number of nitrogens with one attached hydrogen (secondary N) is 1. The van der Waals surface area contributed by atoms with E-state index in [9.17, 15) is 0 Å². The summed E-state index contributed by atoms with van der Waals surface area (Å²) < 4.78 is 6.15. The van der Waals surface area contributed by atoms with Crippen molar-refractivity contribution in [3.63, 3.8) is 0 Å². The Balaban J connectivity index is 1.67. The molecule has 2 fully saturated rings. The first-order chi connectivity index (χ1) is 7.90. The van der Waals surface area contributed by atoms with Gasteiger partial charge in [0.25, 0.3) is 0 Å². The van der Waals surface area contributed by atoms with Crippen molar-refractivity contribution >= 4 is 0 Å². The van der Waals surface area contributed by atoms with Gasteiger partial charge in [-0.25, -0.2) is 0 Å². The molecular weight excluding hydrogens is 198 g/mol. The molecular formula is C14H27NO. The maximum Gasteiger partial charge on any atom is 0.0728 e. The van der Waals surface area contributed by atoms with Crippen LogP contribution in [0.15, 0.2) is 0 Å². The number of ether oxygens (including phenoxy) is 1. The lowest BCUT2D eigenvalue weighted by Gasteiger charge is -2.26. The SMILES string of the molecule is CCNC1CCCC1OCC1CCCCC1. The molecule has 0 bridgehead atoms. The summed E-state index contributed by atoms with van der Waals surface area (Å²) in [6.07, 6.45) is 11.5. The van der Waals surface area contributed by atoms with E-state index < -0.39 is 0 Å². The molecule has 2 saturated carbocycles. The third kappa shape index (κ3) is 3.46. The molecule has 2 aliphatic rings. The first-order valence-electron chi connectivity index (χ1n) is 7.25. The van der Waals surface area contributed by atoms with Gasteiger partial charge in [-0.05, 0) is 44.6 Å². The summed E-state index contributed by atoms with van der Waals surface area (Å²) in [5.74, 6) is 0.858. The van der Waals surface area contributed by atoms with Gasteiger partial charge >= 0.3 is 0 Å². The highest BCUT2D eigenvalue weighted by Crippen LogP contribution is 2.27. The summed E-state index contributed by atoms with van der Waals surface area (Å²) in [5, 5.41) is 3.56. The molecule has 0 heterocycles. The number of hydrogen-bond donors (Lipinski definition) is 1. The average Bonchev–Trinajstić information content (AvgIpc) is 2.76. The van der Waals surface area contributed by atoms with Crippen molar-refractivity contribution in [3.05, 3.63) is 0 Å². The number of hydrogen-bond acceptors (Lipinski definition) is 2. The van der Waals surface area contributed by atoms with Gasteiger partial charge in [0.15, 0.2) is 0 Å². The fourth-order valence-corrected chi connectivity index (χ4v) is 3.23. The Labute approximate surface area is 100 Å². The van der Waals surface area contributed by atoms with Gasteiger partial charge in [-0.2, -0.15) is 0 Å². The predicted molar refractivity (Wildman–Crippen MR) is 67.6 cm³/mol. The number of likely N-dealkylation sites (N-methyl/N-ethyl adjacent to an activating group) is 1. The van der Waals surface area contributed by atoms with E-state index in [1.54, 1.807) is 0 Å². The lowest BCUT2D eigenvalue weighted by molar-refractivity contribution is 0.0108. The first-order valence-corrected chi connectivity index (χ1v) is 7.25. The molecule has 2 aliphatic carbocycles. The molecule has 0 aromatic heterocycles. The fourth-order valence-electron chi connectivity index (χ4n) is 3.23. The lowest BCUT2D eigenvalue weighted by Crippen LogP contribution is -2.38. The molecule has 2 heteroatoms. The van der Waals surface area contributed by atoms with Crippen LogP contribution in [0, 0.1) is 5.92 Å². The van der Waals surface area contributed by atoms with Crippen LogP contribution in [-0.4, -0.2) is 25.3 Å². The van der Waals surface area contributed by atoms with E-state index in [4.69, 9.17) is 4.74 Å². The Morgan fingerprint density at radius 2 is 1.81 bits per heavy atom. The largest absolute Gasteiger partial charge is 0.376 e. The molecule has 16 heavy (non-hydrogen) atoms. The fraction of sp³-hybridized carbons (Fsp3) is 1.00. The van der Waals surface area contributed by atoms with Gasteiger partial charge < -0.3 is 10.1 Å². The van der Waals surface area contributed by atoms with Crippen LogP contribution in [0.3, 0.4) is 0 Å².